The zero-order valence-corrected chi connectivity index (χ0v) is 20.3. The Morgan fingerprint density at radius 3 is 2.56 bits per heavy atom. The van der Waals surface area contributed by atoms with E-state index in [0.717, 1.165) is 46.2 Å². The number of carbonyl (C=O) groups is 3. The van der Waals surface area contributed by atoms with Crippen LogP contribution in [0.25, 0.3) is 0 Å². The number of nitrogens with zero attached hydrogens (tertiary/aromatic N) is 2. The van der Waals surface area contributed by atoms with Crippen molar-refractivity contribution in [3.05, 3.63) is 33.4 Å². The van der Waals surface area contributed by atoms with Gasteiger partial charge in [-0.15, -0.1) is 0 Å². The summed E-state index contributed by atoms with van der Waals surface area (Å²) in [6, 6.07) is 6.52. The minimum absolute atomic E-state index is 0.0697. The SMILES string of the molecule is NC(N)=NCCC[C@@H](C(=O)O)N(NCc1cccc(I)c1)C(=O)CC(=O)C1CCCCC1. The zero-order chi connectivity index (χ0) is 23.5. The maximum atomic E-state index is 13.1. The largest absolute Gasteiger partial charge is 0.480 e. The van der Waals surface area contributed by atoms with Gasteiger partial charge in [0.05, 0.1) is 6.42 Å². The fourth-order valence-electron chi connectivity index (χ4n) is 3.85. The molecule has 176 valence electrons. The second-order valence-corrected chi connectivity index (χ2v) is 9.26. The van der Waals surface area contributed by atoms with Gasteiger partial charge in [-0.3, -0.25) is 19.6 Å². The standard InChI is InChI=1S/C22H32IN5O4/c23-17-9-4-6-15(12-17)14-27-28(18(21(31)32)10-5-11-26-22(24)25)20(30)13-19(29)16-7-2-1-3-8-16/h4,6,9,12,16,18,27H,1-3,5,7-8,10-11,13-14H2,(H,31,32)(H4,24,25,26)/t18-/m0/s1. The maximum absolute atomic E-state index is 13.1. The van der Waals surface area contributed by atoms with Crippen LogP contribution in [0.5, 0.6) is 0 Å². The van der Waals surface area contributed by atoms with E-state index in [1.54, 1.807) is 0 Å². The number of nitrogens with one attached hydrogen (secondary N) is 1. The van der Waals surface area contributed by atoms with Gasteiger partial charge in [0.15, 0.2) is 5.96 Å². The van der Waals surface area contributed by atoms with Crippen LogP contribution in [0.1, 0.15) is 56.9 Å². The Morgan fingerprint density at radius 1 is 1.22 bits per heavy atom. The zero-order valence-electron chi connectivity index (χ0n) is 18.1. The normalized spacial score (nSPS) is 15.0. The van der Waals surface area contributed by atoms with Crippen molar-refractivity contribution in [2.24, 2.45) is 22.4 Å². The molecule has 6 N–H and O–H groups in total. The Morgan fingerprint density at radius 2 is 1.94 bits per heavy atom. The average molecular weight is 557 g/mol. The smallest absolute Gasteiger partial charge is 0.328 e. The molecule has 1 amide bonds. The van der Waals surface area contributed by atoms with Crippen LogP contribution in [0.4, 0.5) is 0 Å². The molecule has 0 radical (unpaired) electrons. The number of hydrazine groups is 1. The molecule has 1 aromatic carbocycles. The summed E-state index contributed by atoms with van der Waals surface area (Å²) in [5.74, 6) is -1.97. The molecule has 0 heterocycles. The summed E-state index contributed by atoms with van der Waals surface area (Å²) in [4.78, 5) is 41.7. The fourth-order valence-corrected chi connectivity index (χ4v) is 4.46. The maximum Gasteiger partial charge on any atom is 0.328 e. The summed E-state index contributed by atoms with van der Waals surface area (Å²) >= 11 is 2.19. The number of nitrogens with two attached hydrogens (primary N) is 2. The lowest BCUT2D eigenvalue weighted by Crippen LogP contribution is -2.53. The molecule has 0 spiro atoms. The van der Waals surface area contributed by atoms with Gasteiger partial charge < -0.3 is 16.6 Å². The minimum Gasteiger partial charge on any atom is -0.480 e. The van der Waals surface area contributed by atoms with Gasteiger partial charge in [0.1, 0.15) is 11.8 Å². The molecule has 0 aromatic heterocycles. The monoisotopic (exact) mass is 557 g/mol. The molecule has 0 aliphatic heterocycles. The molecular weight excluding hydrogens is 525 g/mol. The summed E-state index contributed by atoms with van der Waals surface area (Å²) in [6.07, 6.45) is 4.89. The van der Waals surface area contributed by atoms with Crippen LogP contribution in [0.3, 0.4) is 0 Å². The Kier molecular flexibility index (Phi) is 10.9. The molecule has 1 atom stereocenters. The Hall–Kier alpha value is -2.21. The number of hydrogen-bond acceptors (Lipinski definition) is 5. The molecule has 0 bridgehead atoms. The first-order valence-electron chi connectivity index (χ1n) is 10.9. The Balaban J connectivity index is 2.12. The van der Waals surface area contributed by atoms with Gasteiger partial charge >= 0.3 is 5.97 Å². The van der Waals surface area contributed by atoms with Crippen molar-refractivity contribution in [2.45, 2.75) is 64.0 Å². The van der Waals surface area contributed by atoms with Crippen molar-refractivity contribution >= 4 is 46.2 Å². The molecule has 1 aromatic rings. The van der Waals surface area contributed by atoms with Gasteiger partial charge in [0.25, 0.3) is 0 Å². The molecule has 10 heteroatoms. The third kappa shape index (κ3) is 8.73. The highest BCUT2D eigenvalue weighted by atomic mass is 127. The van der Waals surface area contributed by atoms with Crippen LogP contribution in [-0.2, 0) is 20.9 Å². The Labute approximate surface area is 202 Å². The number of ketones is 1. The van der Waals surface area contributed by atoms with E-state index in [0.29, 0.717) is 6.42 Å². The third-order valence-corrected chi connectivity index (χ3v) is 6.19. The topological polar surface area (TPSA) is 151 Å². The number of carboxylic acids is 1. The van der Waals surface area contributed by atoms with Crippen LogP contribution in [-0.4, -0.2) is 46.3 Å². The second kappa shape index (κ2) is 13.4. The summed E-state index contributed by atoms with van der Waals surface area (Å²) < 4.78 is 1.03. The quantitative estimate of drug-likeness (QED) is 0.0768. The van der Waals surface area contributed by atoms with Crippen LogP contribution in [0.2, 0.25) is 0 Å². The van der Waals surface area contributed by atoms with Crippen molar-refractivity contribution in [1.29, 1.82) is 0 Å². The molecule has 0 unspecified atom stereocenters. The van der Waals surface area contributed by atoms with Crippen molar-refractivity contribution < 1.29 is 19.5 Å². The summed E-state index contributed by atoms with van der Waals surface area (Å²) in [5, 5.41) is 10.9. The molecule has 2 rings (SSSR count). The highest BCUT2D eigenvalue weighted by Crippen LogP contribution is 2.25. The van der Waals surface area contributed by atoms with Gasteiger partial charge in [0.2, 0.25) is 5.91 Å². The highest BCUT2D eigenvalue weighted by Gasteiger charge is 2.32. The number of amides is 1. The lowest BCUT2D eigenvalue weighted by atomic mass is 9.85. The molecule has 1 aliphatic rings. The number of carbonyl (C=O) groups excluding carboxylic acids is 2. The number of Topliss-reactive ketones (excluding diaryl/α,β-unsaturated/α-hetero) is 1. The number of benzene rings is 1. The molecule has 1 aliphatic carbocycles. The average Bonchev–Trinajstić information content (AvgIpc) is 2.75. The van der Waals surface area contributed by atoms with Gasteiger partial charge in [-0.1, -0.05) is 31.4 Å². The lowest BCUT2D eigenvalue weighted by Gasteiger charge is -2.30. The van der Waals surface area contributed by atoms with Crippen molar-refractivity contribution in [1.82, 2.24) is 10.4 Å². The predicted octanol–water partition coefficient (Wildman–Crippen LogP) is 2.17. The van der Waals surface area contributed by atoms with E-state index in [2.05, 4.69) is 33.0 Å². The van der Waals surface area contributed by atoms with E-state index in [1.165, 1.54) is 0 Å². The van der Waals surface area contributed by atoms with Gasteiger partial charge in [-0.25, -0.2) is 10.2 Å². The second-order valence-electron chi connectivity index (χ2n) is 8.01. The van der Waals surface area contributed by atoms with Crippen LogP contribution < -0.4 is 16.9 Å². The molecule has 9 nitrogen and oxygen atoms in total. The summed E-state index contributed by atoms with van der Waals surface area (Å²) in [5.41, 5.74) is 14.5. The van der Waals surface area contributed by atoms with Gasteiger partial charge in [0, 0.05) is 22.6 Å². The summed E-state index contributed by atoms with van der Waals surface area (Å²) in [6.45, 7) is 0.518. The van der Waals surface area contributed by atoms with Gasteiger partial charge in [-0.2, -0.15) is 0 Å². The molecule has 32 heavy (non-hydrogen) atoms. The number of guanidine groups is 1. The lowest BCUT2D eigenvalue weighted by molar-refractivity contribution is -0.155. The van der Waals surface area contributed by atoms with E-state index in [4.69, 9.17) is 11.5 Å². The summed E-state index contributed by atoms with van der Waals surface area (Å²) in [7, 11) is 0. The number of rotatable bonds is 12. The first kappa shape index (κ1) is 26.0. The molecule has 1 saturated carbocycles. The number of aliphatic carboxylic acids is 1. The Bertz CT molecular complexity index is 822. The number of aliphatic imine (C=N–C) groups is 1. The fraction of sp³-hybridized carbons (Fsp3) is 0.545. The van der Waals surface area contributed by atoms with E-state index in [-0.39, 0.29) is 43.6 Å². The van der Waals surface area contributed by atoms with Crippen molar-refractivity contribution in [2.75, 3.05) is 6.54 Å². The third-order valence-electron chi connectivity index (χ3n) is 5.52. The van der Waals surface area contributed by atoms with Gasteiger partial charge in [-0.05, 0) is 66.0 Å². The van der Waals surface area contributed by atoms with E-state index >= 15 is 0 Å². The first-order chi connectivity index (χ1) is 15.3. The molecule has 0 saturated heterocycles. The van der Waals surface area contributed by atoms with E-state index in [9.17, 15) is 19.5 Å². The van der Waals surface area contributed by atoms with E-state index in [1.807, 2.05) is 24.3 Å². The van der Waals surface area contributed by atoms with Crippen molar-refractivity contribution in [3.8, 4) is 0 Å². The van der Waals surface area contributed by atoms with Crippen LogP contribution in [0.15, 0.2) is 29.3 Å². The van der Waals surface area contributed by atoms with Crippen LogP contribution in [0, 0.1) is 9.49 Å². The minimum atomic E-state index is -1.15. The molecular formula is C22H32IN5O4. The number of hydrogen-bond donors (Lipinski definition) is 4. The molecule has 1 fully saturated rings. The van der Waals surface area contributed by atoms with Crippen LogP contribution >= 0.6 is 22.6 Å². The first-order valence-corrected chi connectivity index (χ1v) is 12.0. The van der Waals surface area contributed by atoms with E-state index < -0.39 is 17.9 Å². The van der Waals surface area contributed by atoms with Crippen molar-refractivity contribution in [3.63, 3.8) is 0 Å². The predicted molar refractivity (Wildman–Crippen MR) is 130 cm³/mol. The highest BCUT2D eigenvalue weighted by molar-refractivity contribution is 14.1. The number of halogens is 1. The number of carboxylic acid groups (broad SMARTS) is 1.